The molecule has 0 radical (unpaired) electrons. The van der Waals surface area contributed by atoms with Crippen molar-refractivity contribution in [3.8, 4) is 34.1 Å². The van der Waals surface area contributed by atoms with Crippen LogP contribution in [0.25, 0.3) is 44.4 Å². The maximum absolute atomic E-state index is 6.61. The predicted octanol–water partition coefficient (Wildman–Crippen LogP) is 13.0. The number of hydrogen-bond donors (Lipinski definition) is 0. The van der Waals surface area contributed by atoms with Gasteiger partial charge in [-0.2, -0.15) is 5.10 Å². The smallest absolute Gasteiger partial charge is 0.137 e. The monoisotopic (exact) mass is 684 g/mol. The molecule has 2 fully saturated rings. The maximum atomic E-state index is 6.61. The summed E-state index contributed by atoms with van der Waals surface area (Å²) < 4.78 is 10.9. The van der Waals surface area contributed by atoms with Crippen LogP contribution in [0.2, 0.25) is 0 Å². The molecule has 2 aliphatic carbocycles. The summed E-state index contributed by atoms with van der Waals surface area (Å²) in [7, 11) is 0. The molecule has 4 aromatic carbocycles. The van der Waals surface area contributed by atoms with Gasteiger partial charge in [0.25, 0.3) is 0 Å². The summed E-state index contributed by atoms with van der Waals surface area (Å²) in [5.74, 6) is 4.17. The molecule has 7 aromatic rings. The highest BCUT2D eigenvalue weighted by atomic mass is 16.5. The summed E-state index contributed by atoms with van der Waals surface area (Å²) in [4.78, 5) is 4.82. The molecule has 0 bridgehead atoms. The van der Waals surface area contributed by atoms with Gasteiger partial charge in [-0.05, 0) is 108 Å². The number of fused-ring (bicyclic) bond motifs is 3. The Morgan fingerprint density at radius 1 is 0.654 bits per heavy atom. The molecule has 5 heteroatoms. The highest BCUT2D eigenvalue weighted by molar-refractivity contribution is 6.09. The van der Waals surface area contributed by atoms with Crippen molar-refractivity contribution in [2.45, 2.75) is 95.8 Å². The largest absolute Gasteiger partial charge is 0.457 e. The topological polar surface area (TPSA) is 44.9 Å². The van der Waals surface area contributed by atoms with E-state index in [-0.39, 0.29) is 0 Å². The first-order valence-electron chi connectivity index (χ1n) is 19.6. The van der Waals surface area contributed by atoms with Crippen molar-refractivity contribution in [3.05, 3.63) is 132 Å². The van der Waals surface area contributed by atoms with Gasteiger partial charge in [-0.25, -0.2) is 9.67 Å². The van der Waals surface area contributed by atoms with E-state index in [1.807, 2.05) is 16.9 Å². The lowest BCUT2D eigenvalue weighted by Gasteiger charge is -2.29. The lowest BCUT2D eigenvalue weighted by Crippen LogP contribution is -2.11. The quantitative estimate of drug-likeness (QED) is 0.160. The number of pyridine rings is 1. The Morgan fingerprint density at radius 2 is 1.35 bits per heavy atom. The molecule has 0 saturated heterocycles. The van der Waals surface area contributed by atoms with E-state index < -0.39 is 0 Å². The van der Waals surface area contributed by atoms with Gasteiger partial charge in [0.05, 0.1) is 22.9 Å². The molecule has 0 aliphatic heterocycles. The second-order valence-corrected chi connectivity index (χ2v) is 15.4. The minimum absolute atomic E-state index is 0.414. The first-order valence-corrected chi connectivity index (χ1v) is 19.6. The molecule has 3 aromatic heterocycles. The highest BCUT2D eigenvalue weighted by Crippen LogP contribution is 2.45. The van der Waals surface area contributed by atoms with Crippen LogP contribution in [0.4, 0.5) is 0 Å². The molecule has 0 N–H and O–H groups in total. The van der Waals surface area contributed by atoms with Crippen LogP contribution in [0.3, 0.4) is 0 Å². The number of hydrogen-bond acceptors (Lipinski definition) is 3. The van der Waals surface area contributed by atoms with Gasteiger partial charge in [-0.15, -0.1) is 0 Å². The fourth-order valence-electron chi connectivity index (χ4n) is 9.02. The molecule has 262 valence electrons. The van der Waals surface area contributed by atoms with E-state index >= 15 is 0 Å². The van der Waals surface area contributed by atoms with E-state index in [4.69, 9.17) is 14.8 Å². The van der Waals surface area contributed by atoms with Crippen LogP contribution >= 0.6 is 0 Å². The lowest BCUT2D eigenvalue weighted by atomic mass is 9.75. The van der Waals surface area contributed by atoms with Gasteiger partial charge in [0, 0.05) is 40.9 Å². The van der Waals surface area contributed by atoms with Crippen molar-refractivity contribution in [3.63, 3.8) is 0 Å². The van der Waals surface area contributed by atoms with Crippen molar-refractivity contribution in [1.29, 1.82) is 0 Å². The van der Waals surface area contributed by atoms with E-state index in [1.54, 1.807) is 11.1 Å². The Kier molecular flexibility index (Phi) is 8.88. The molecule has 0 atom stereocenters. The molecule has 5 nitrogen and oxygen atoms in total. The molecule has 52 heavy (non-hydrogen) atoms. The highest BCUT2D eigenvalue weighted by Gasteiger charge is 2.26. The van der Waals surface area contributed by atoms with Gasteiger partial charge in [-0.1, -0.05) is 94.8 Å². The number of rotatable bonds is 8. The molecular weight excluding hydrogens is 637 g/mol. The van der Waals surface area contributed by atoms with Gasteiger partial charge in [0.15, 0.2) is 0 Å². The van der Waals surface area contributed by atoms with E-state index in [2.05, 4.69) is 122 Å². The summed E-state index contributed by atoms with van der Waals surface area (Å²) in [6.45, 7) is 4.44. The van der Waals surface area contributed by atoms with Crippen LogP contribution in [0.5, 0.6) is 11.5 Å². The van der Waals surface area contributed by atoms with E-state index in [1.165, 1.54) is 91.7 Å². The van der Waals surface area contributed by atoms with E-state index in [9.17, 15) is 0 Å². The molecule has 9 rings (SSSR count). The van der Waals surface area contributed by atoms with Crippen LogP contribution in [0.15, 0.2) is 116 Å². The Bertz CT molecular complexity index is 2320. The molecule has 0 amide bonds. The standard InChI is InChI=1S/C47H48N4O/c1-32(2)35-25-26-48-46(27-35)51-44-22-10-9-19-42(44)43-24-23-39(29-45(43)51)52-38-18-11-17-37(28-38)50-31-36(30-49-50)47-40(33-13-5-3-6-14-33)20-12-21-41(47)34-15-7-4-8-16-34/h9-12,17-34H,3-8,13-16H2,1-2H3. The number of benzene rings is 4. The van der Waals surface area contributed by atoms with Crippen LogP contribution in [-0.4, -0.2) is 19.3 Å². The average Bonchev–Trinajstić information content (AvgIpc) is 3.82. The fraction of sp³-hybridized carbons (Fsp3) is 0.319. The van der Waals surface area contributed by atoms with Crippen molar-refractivity contribution in [2.75, 3.05) is 0 Å². The molecule has 3 heterocycles. The molecule has 0 unspecified atom stereocenters. The van der Waals surface area contributed by atoms with Gasteiger partial charge >= 0.3 is 0 Å². The minimum Gasteiger partial charge on any atom is -0.457 e. The normalized spacial score (nSPS) is 15.9. The lowest BCUT2D eigenvalue weighted by molar-refractivity contribution is 0.437. The van der Waals surface area contributed by atoms with Crippen molar-refractivity contribution < 1.29 is 4.74 Å². The van der Waals surface area contributed by atoms with Gasteiger partial charge in [0.1, 0.15) is 17.3 Å². The van der Waals surface area contributed by atoms with Gasteiger partial charge in [0.2, 0.25) is 0 Å². The average molecular weight is 685 g/mol. The number of para-hydroxylation sites is 1. The molecule has 2 saturated carbocycles. The Hall–Kier alpha value is -5.16. The zero-order chi connectivity index (χ0) is 35.0. The maximum Gasteiger partial charge on any atom is 0.137 e. The Balaban J connectivity index is 1.06. The van der Waals surface area contributed by atoms with Crippen molar-refractivity contribution >= 4 is 21.8 Å². The molecular formula is C47H48N4O. The first kappa shape index (κ1) is 32.7. The zero-order valence-corrected chi connectivity index (χ0v) is 30.5. The van der Waals surface area contributed by atoms with Crippen molar-refractivity contribution in [2.24, 2.45) is 0 Å². The van der Waals surface area contributed by atoms with E-state index in [0.717, 1.165) is 34.0 Å². The van der Waals surface area contributed by atoms with Crippen LogP contribution in [-0.2, 0) is 0 Å². The fourth-order valence-corrected chi connectivity index (χ4v) is 9.02. The predicted molar refractivity (Wildman–Crippen MR) is 213 cm³/mol. The Labute approximate surface area is 307 Å². The SMILES string of the molecule is CC(C)c1ccnc(-n2c3ccccc3c3ccc(Oc4cccc(-n5cc(-c6c(C7CCCCC7)cccc6C6CCCCC6)cn5)c4)cc32)c1. The third kappa shape index (κ3) is 6.21. The third-order valence-corrected chi connectivity index (χ3v) is 11.7. The van der Waals surface area contributed by atoms with Gasteiger partial charge in [-0.3, -0.25) is 4.57 Å². The van der Waals surface area contributed by atoms with Crippen LogP contribution in [0, 0.1) is 0 Å². The number of aromatic nitrogens is 4. The van der Waals surface area contributed by atoms with Gasteiger partial charge < -0.3 is 4.74 Å². The zero-order valence-electron chi connectivity index (χ0n) is 30.5. The Morgan fingerprint density at radius 3 is 2.10 bits per heavy atom. The summed E-state index contributed by atoms with van der Waals surface area (Å²) in [5, 5.41) is 7.35. The van der Waals surface area contributed by atoms with Crippen LogP contribution in [0.1, 0.15) is 112 Å². The van der Waals surface area contributed by atoms with Crippen molar-refractivity contribution in [1.82, 2.24) is 19.3 Å². The number of ether oxygens (including phenoxy) is 1. The second kappa shape index (κ2) is 14.1. The van der Waals surface area contributed by atoms with Crippen LogP contribution < -0.4 is 4.74 Å². The summed E-state index contributed by atoms with van der Waals surface area (Å²) in [6, 6.07) is 34.7. The minimum atomic E-state index is 0.414. The number of nitrogens with zero attached hydrogens (tertiary/aromatic N) is 4. The first-order chi connectivity index (χ1) is 25.6. The third-order valence-electron chi connectivity index (χ3n) is 11.7. The molecule has 2 aliphatic rings. The molecule has 0 spiro atoms. The van der Waals surface area contributed by atoms with E-state index in [0.29, 0.717) is 17.8 Å². The summed E-state index contributed by atoms with van der Waals surface area (Å²) >= 11 is 0. The summed E-state index contributed by atoms with van der Waals surface area (Å²) in [5.41, 5.74) is 10.2. The summed E-state index contributed by atoms with van der Waals surface area (Å²) in [6.07, 6.45) is 19.5. The second-order valence-electron chi connectivity index (χ2n) is 15.4.